The van der Waals surface area contributed by atoms with Crippen LogP contribution in [0.1, 0.15) is 19.3 Å². The number of benzene rings is 2. The molecule has 5 nitrogen and oxygen atoms in total. The number of hydrogen-bond donors (Lipinski definition) is 1. The maximum absolute atomic E-state index is 14.5. The highest BCUT2D eigenvalue weighted by molar-refractivity contribution is 6.30. The van der Waals surface area contributed by atoms with Crippen molar-refractivity contribution in [3.63, 3.8) is 0 Å². The molecule has 2 aliphatic rings. The molecule has 8 heteroatoms. The Labute approximate surface area is 172 Å². The molecule has 2 aliphatic heterocycles. The van der Waals surface area contributed by atoms with Crippen LogP contribution in [0.5, 0.6) is 0 Å². The highest BCUT2D eigenvalue weighted by atomic mass is 35.5. The Morgan fingerprint density at radius 2 is 1.69 bits per heavy atom. The van der Waals surface area contributed by atoms with Gasteiger partial charge in [-0.05, 0) is 49.2 Å². The summed E-state index contributed by atoms with van der Waals surface area (Å²) >= 11 is 5.87. The number of nitrogens with one attached hydrogen (secondary N) is 1. The number of anilines is 3. The van der Waals surface area contributed by atoms with E-state index in [1.54, 1.807) is 29.2 Å². The molecule has 1 unspecified atom stereocenters. The molecule has 0 spiro atoms. The minimum Gasteiger partial charge on any atom is -0.367 e. The number of rotatable bonds is 4. The van der Waals surface area contributed by atoms with Gasteiger partial charge >= 0.3 is 0 Å². The van der Waals surface area contributed by atoms with E-state index in [0.29, 0.717) is 23.8 Å². The Bertz CT molecular complexity index is 922. The van der Waals surface area contributed by atoms with Crippen molar-refractivity contribution in [1.29, 1.82) is 0 Å². The summed E-state index contributed by atoms with van der Waals surface area (Å²) in [7, 11) is 0. The topological polar surface area (TPSA) is 52.7 Å². The molecule has 0 aromatic heterocycles. The van der Waals surface area contributed by atoms with Gasteiger partial charge in [0.2, 0.25) is 11.8 Å². The van der Waals surface area contributed by atoms with Gasteiger partial charge < -0.3 is 15.1 Å². The van der Waals surface area contributed by atoms with Crippen molar-refractivity contribution in [1.82, 2.24) is 0 Å². The second-order valence-corrected chi connectivity index (χ2v) is 7.79. The first-order chi connectivity index (χ1) is 13.9. The van der Waals surface area contributed by atoms with Gasteiger partial charge in [-0.15, -0.1) is 0 Å². The van der Waals surface area contributed by atoms with Crippen molar-refractivity contribution in [3.05, 3.63) is 53.1 Å². The predicted octanol–water partition coefficient (Wildman–Crippen LogP) is 4.21. The van der Waals surface area contributed by atoms with Crippen molar-refractivity contribution in [3.8, 4) is 0 Å². The first-order valence-electron chi connectivity index (χ1n) is 9.53. The summed E-state index contributed by atoms with van der Waals surface area (Å²) < 4.78 is 28.9. The van der Waals surface area contributed by atoms with Gasteiger partial charge in [0.05, 0.1) is 5.92 Å². The fourth-order valence-corrected chi connectivity index (χ4v) is 4.00. The average molecular weight is 420 g/mol. The normalized spacial score (nSPS) is 19.1. The molecule has 4 rings (SSSR count). The Morgan fingerprint density at radius 1 is 1.07 bits per heavy atom. The van der Waals surface area contributed by atoms with Crippen LogP contribution < -0.4 is 15.1 Å². The van der Waals surface area contributed by atoms with Crippen LogP contribution in [0.2, 0.25) is 5.02 Å². The Balaban J connectivity index is 1.45. The van der Waals surface area contributed by atoms with E-state index in [0.717, 1.165) is 25.0 Å². The molecule has 0 aliphatic carbocycles. The van der Waals surface area contributed by atoms with E-state index in [1.165, 1.54) is 4.90 Å². The third kappa shape index (κ3) is 4.05. The van der Waals surface area contributed by atoms with E-state index in [2.05, 4.69) is 5.32 Å². The third-order valence-corrected chi connectivity index (χ3v) is 5.59. The predicted molar refractivity (Wildman–Crippen MR) is 108 cm³/mol. The van der Waals surface area contributed by atoms with Crippen LogP contribution in [0.25, 0.3) is 0 Å². The average Bonchev–Trinajstić information content (AvgIpc) is 3.32. The second kappa shape index (κ2) is 7.99. The Hall–Kier alpha value is -2.67. The van der Waals surface area contributed by atoms with Crippen LogP contribution in [0.4, 0.5) is 25.8 Å². The van der Waals surface area contributed by atoms with Crippen molar-refractivity contribution in [2.45, 2.75) is 19.3 Å². The smallest absolute Gasteiger partial charge is 0.229 e. The van der Waals surface area contributed by atoms with Gasteiger partial charge in [0.1, 0.15) is 5.69 Å². The molecule has 0 saturated carbocycles. The fourth-order valence-electron chi connectivity index (χ4n) is 3.88. The molecule has 2 aromatic carbocycles. The standard InChI is InChI=1S/C21H20ClF2N3O2/c22-14-3-5-16(6-4-14)27-12-13(9-19(27)28)21(29)25-15-10-17(23)20(18(24)11-15)26-7-1-2-8-26/h3-6,10-11,13H,1-2,7-9,12H2,(H,25,29). The maximum atomic E-state index is 14.5. The zero-order chi connectivity index (χ0) is 20.5. The highest BCUT2D eigenvalue weighted by Crippen LogP contribution is 2.31. The van der Waals surface area contributed by atoms with Gasteiger partial charge in [-0.25, -0.2) is 8.78 Å². The van der Waals surface area contributed by atoms with E-state index >= 15 is 0 Å². The summed E-state index contributed by atoms with van der Waals surface area (Å²) in [5.41, 5.74) is 0.651. The molecule has 29 heavy (non-hydrogen) atoms. The van der Waals surface area contributed by atoms with E-state index in [9.17, 15) is 18.4 Å². The quantitative estimate of drug-likeness (QED) is 0.807. The molecule has 2 fully saturated rings. The van der Waals surface area contributed by atoms with Crippen LogP contribution in [0, 0.1) is 17.6 Å². The molecule has 0 bridgehead atoms. The Kier molecular flexibility index (Phi) is 5.41. The lowest BCUT2D eigenvalue weighted by Crippen LogP contribution is -2.28. The SMILES string of the molecule is O=C(Nc1cc(F)c(N2CCCC2)c(F)c1)C1CC(=O)N(c2ccc(Cl)cc2)C1. The van der Waals surface area contributed by atoms with Gasteiger partial charge in [0.15, 0.2) is 11.6 Å². The third-order valence-electron chi connectivity index (χ3n) is 5.34. The van der Waals surface area contributed by atoms with Crippen LogP contribution >= 0.6 is 11.6 Å². The number of amides is 2. The molecule has 2 heterocycles. The molecular formula is C21H20ClF2N3O2. The minimum atomic E-state index is -0.701. The summed E-state index contributed by atoms with van der Waals surface area (Å²) in [6, 6.07) is 9.02. The fraction of sp³-hybridized carbons (Fsp3) is 0.333. The molecule has 2 aromatic rings. The zero-order valence-corrected chi connectivity index (χ0v) is 16.4. The van der Waals surface area contributed by atoms with Crippen molar-refractivity contribution >= 4 is 40.5 Å². The summed E-state index contributed by atoms with van der Waals surface area (Å²) in [6.07, 6.45) is 1.83. The van der Waals surface area contributed by atoms with Crippen LogP contribution in [0.3, 0.4) is 0 Å². The number of halogens is 3. The summed E-state index contributed by atoms with van der Waals surface area (Å²) in [4.78, 5) is 28.1. The van der Waals surface area contributed by atoms with Crippen molar-refractivity contribution in [2.24, 2.45) is 5.92 Å². The lowest BCUT2D eigenvalue weighted by atomic mass is 10.1. The van der Waals surface area contributed by atoms with Gasteiger partial charge in [0, 0.05) is 42.5 Å². The molecule has 0 radical (unpaired) electrons. The van der Waals surface area contributed by atoms with Crippen molar-refractivity contribution in [2.75, 3.05) is 34.8 Å². The maximum Gasteiger partial charge on any atom is 0.229 e. The minimum absolute atomic E-state index is 0.0330. The molecule has 1 N–H and O–H groups in total. The van der Waals surface area contributed by atoms with Gasteiger partial charge in [0.25, 0.3) is 0 Å². The summed E-state index contributed by atoms with van der Waals surface area (Å²) in [6.45, 7) is 1.43. The van der Waals surface area contributed by atoms with Crippen LogP contribution in [0.15, 0.2) is 36.4 Å². The number of carbonyl (C=O) groups excluding carboxylic acids is 2. The molecule has 2 amide bonds. The van der Waals surface area contributed by atoms with Crippen molar-refractivity contribution < 1.29 is 18.4 Å². The molecular weight excluding hydrogens is 400 g/mol. The van der Waals surface area contributed by atoms with E-state index in [1.807, 2.05) is 0 Å². The monoisotopic (exact) mass is 419 g/mol. The van der Waals surface area contributed by atoms with Gasteiger partial charge in [-0.2, -0.15) is 0 Å². The van der Waals surface area contributed by atoms with E-state index in [4.69, 9.17) is 11.6 Å². The number of nitrogens with zero attached hydrogens (tertiary/aromatic N) is 2. The summed E-state index contributed by atoms with van der Waals surface area (Å²) in [5, 5.41) is 3.10. The highest BCUT2D eigenvalue weighted by Gasteiger charge is 2.35. The molecule has 152 valence electrons. The lowest BCUT2D eigenvalue weighted by Gasteiger charge is -2.20. The lowest BCUT2D eigenvalue weighted by molar-refractivity contribution is -0.122. The first-order valence-corrected chi connectivity index (χ1v) is 9.91. The van der Waals surface area contributed by atoms with Crippen LogP contribution in [-0.2, 0) is 9.59 Å². The largest absolute Gasteiger partial charge is 0.367 e. The van der Waals surface area contributed by atoms with E-state index in [-0.39, 0.29) is 30.2 Å². The molecule has 1 atom stereocenters. The Morgan fingerprint density at radius 3 is 2.31 bits per heavy atom. The second-order valence-electron chi connectivity index (χ2n) is 7.35. The number of carbonyl (C=O) groups is 2. The van der Waals surface area contributed by atoms with Gasteiger partial charge in [-0.1, -0.05) is 11.6 Å². The van der Waals surface area contributed by atoms with Gasteiger partial charge in [-0.3, -0.25) is 9.59 Å². The van der Waals surface area contributed by atoms with E-state index < -0.39 is 23.5 Å². The van der Waals surface area contributed by atoms with Crippen LogP contribution in [-0.4, -0.2) is 31.4 Å². The summed E-state index contributed by atoms with van der Waals surface area (Å²) in [5.74, 6) is -2.64. The number of hydrogen-bond acceptors (Lipinski definition) is 3. The molecule has 2 saturated heterocycles. The first kappa shape index (κ1) is 19.6. The zero-order valence-electron chi connectivity index (χ0n) is 15.6.